The lowest BCUT2D eigenvalue weighted by molar-refractivity contribution is -0.137. The Morgan fingerprint density at radius 2 is 1.58 bits per heavy atom. The van der Waals surface area contributed by atoms with E-state index < -0.39 is 84.6 Å². The van der Waals surface area contributed by atoms with Gasteiger partial charge in [-0.1, -0.05) is 64.1 Å². The first-order valence-electron chi connectivity index (χ1n) is 19.6. The molecule has 1 aliphatic rings. The number of rotatable bonds is 29. The topological polar surface area (TPSA) is 384 Å². The molecule has 0 radical (unpaired) electrons. The predicted octanol–water partition coefficient (Wildman–Crippen LogP) is 1.56. The maximum absolute atomic E-state index is 12.7. The number of carbonyl (C=O) groups excluding carboxylic acids is 3. The van der Waals surface area contributed by atoms with Gasteiger partial charge < -0.3 is 56.0 Å². The Labute approximate surface area is 361 Å². The van der Waals surface area contributed by atoms with Crippen molar-refractivity contribution < 1.29 is 85.6 Å². The number of aliphatic hydroxyl groups excluding tert-OH is 3. The molecule has 25 nitrogen and oxygen atoms in total. The van der Waals surface area contributed by atoms with Crippen LogP contribution < -0.4 is 16.4 Å². The van der Waals surface area contributed by atoms with Crippen molar-refractivity contribution in [2.45, 2.75) is 122 Å². The van der Waals surface area contributed by atoms with Crippen molar-refractivity contribution in [3.8, 4) is 0 Å². The van der Waals surface area contributed by atoms with Gasteiger partial charge in [-0.15, -0.1) is 0 Å². The molecule has 2 aromatic rings. The highest BCUT2D eigenvalue weighted by molar-refractivity contribution is 8.13. The number of nitrogens with two attached hydrogens (primary N) is 1. The van der Waals surface area contributed by atoms with E-state index in [1.807, 2.05) is 0 Å². The van der Waals surface area contributed by atoms with Crippen LogP contribution in [0, 0.1) is 5.41 Å². The number of carbonyl (C=O) groups is 3. The molecule has 0 aliphatic carbocycles. The van der Waals surface area contributed by atoms with E-state index in [2.05, 4.69) is 34.4 Å². The van der Waals surface area contributed by atoms with Crippen LogP contribution in [0.2, 0.25) is 0 Å². The number of unbranched alkanes of at least 4 members (excludes halogenated alkanes) is 6. The second-order valence-corrected chi connectivity index (χ2v) is 20.5. The number of thioether (sulfide) groups is 1. The highest BCUT2D eigenvalue weighted by Crippen LogP contribution is 2.61. The Bertz CT molecular complexity index is 1920. The summed E-state index contributed by atoms with van der Waals surface area (Å²) in [5, 5.41) is 35.8. The van der Waals surface area contributed by atoms with E-state index in [0.717, 1.165) is 80.4 Å². The van der Waals surface area contributed by atoms with Gasteiger partial charge in [0.05, 0.1) is 25.6 Å². The fourth-order valence-corrected chi connectivity index (χ4v) is 9.51. The summed E-state index contributed by atoms with van der Waals surface area (Å²) in [4.78, 5) is 88.0. The van der Waals surface area contributed by atoms with Gasteiger partial charge in [0.15, 0.2) is 22.8 Å². The summed E-state index contributed by atoms with van der Waals surface area (Å²) >= 11 is 1.12. The number of nitrogens with zero attached hydrogens (tertiary/aromatic N) is 4. The standard InChI is InChI=1S/C33H58N7O18P3S/c1-21(41)11-9-7-5-4-6-8-10-12-24(43)62-16-15-35-23(42)13-14-36-31(46)28(45)33(2,3)18-55-61(52,53)58-60(50,51)54-17-22-27(57-59(47,48)49)26(44)32(56-22)40-20-39-25-29(34)37-19-38-30(25)40/h19-22,26-28,32,41,44-45H,4-18H2,1-3H3,(H,35,42)(H,36,46)(H,50,51)(H,52,53)(H2,34,37,38)(H2,47,48,49). The fourth-order valence-electron chi connectivity index (χ4n) is 5.96. The Kier molecular flexibility index (Phi) is 21.5. The smallest absolute Gasteiger partial charge is 0.393 e. The average Bonchev–Trinajstić information content (AvgIpc) is 3.73. The van der Waals surface area contributed by atoms with Gasteiger partial charge in [0.2, 0.25) is 11.8 Å². The summed E-state index contributed by atoms with van der Waals surface area (Å²) in [5.74, 6) is -1.07. The molecular weight excluding hydrogens is 907 g/mol. The van der Waals surface area contributed by atoms with Gasteiger partial charge in [-0.3, -0.25) is 32.5 Å². The van der Waals surface area contributed by atoms with Crippen LogP contribution in [-0.4, -0.2) is 134 Å². The number of ether oxygens (including phenoxy) is 1. The SMILES string of the molecule is CC(O)CCCCCCCCCC(=O)SCCNC(=O)CCNC(=O)C(O)C(C)(C)COP(=O)(O)OP(=O)(O)OCC1OC(n2cnc3c(N)ncnc32)C(O)C1OP(=O)(O)O. The van der Waals surface area contributed by atoms with Gasteiger partial charge in [0.1, 0.15) is 36.3 Å². The van der Waals surface area contributed by atoms with Gasteiger partial charge in [-0.2, -0.15) is 4.31 Å². The van der Waals surface area contributed by atoms with Crippen LogP contribution in [0.4, 0.5) is 5.82 Å². The summed E-state index contributed by atoms with van der Waals surface area (Å²) in [7, 11) is -16.4. The van der Waals surface area contributed by atoms with Gasteiger partial charge in [0.25, 0.3) is 0 Å². The molecule has 8 unspecified atom stereocenters. The van der Waals surface area contributed by atoms with Gasteiger partial charge >= 0.3 is 23.5 Å². The zero-order valence-corrected chi connectivity index (χ0v) is 38.0. The molecule has 62 heavy (non-hydrogen) atoms. The normalized spacial score (nSPS) is 21.3. The van der Waals surface area contributed by atoms with E-state index in [9.17, 15) is 63.0 Å². The van der Waals surface area contributed by atoms with Gasteiger partial charge in [0, 0.05) is 37.1 Å². The number of hydrogen-bond acceptors (Lipinski definition) is 19. The third kappa shape index (κ3) is 18.6. The van der Waals surface area contributed by atoms with Crippen molar-refractivity contribution in [2.75, 3.05) is 37.8 Å². The predicted molar refractivity (Wildman–Crippen MR) is 220 cm³/mol. The third-order valence-electron chi connectivity index (χ3n) is 9.27. The molecule has 3 heterocycles. The number of anilines is 1. The summed E-state index contributed by atoms with van der Waals surface area (Å²) in [6.07, 6.45) is 1.19. The minimum Gasteiger partial charge on any atom is -0.393 e. The Morgan fingerprint density at radius 1 is 0.935 bits per heavy atom. The second kappa shape index (κ2) is 24.7. The van der Waals surface area contributed by atoms with Crippen LogP contribution in [0.25, 0.3) is 11.2 Å². The zero-order valence-electron chi connectivity index (χ0n) is 34.5. The summed E-state index contributed by atoms with van der Waals surface area (Å²) < 4.78 is 62.3. The van der Waals surface area contributed by atoms with E-state index in [1.54, 1.807) is 6.92 Å². The molecule has 0 aromatic carbocycles. The van der Waals surface area contributed by atoms with Crippen molar-refractivity contribution in [1.29, 1.82) is 0 Å². The van der Waals surface area contributed by atoms with Crippen LogP contribution in [0.3, 0.4) is 0 Å². The number of nitrogen functional groups attached to an aromatic ring is 1. The zero-order chi connectivity index (χ0) is 46.3. The summed E-state index contributed by atoms with van der Waals surface area (Å²) in [6, 6.07) is 0. The van der Waals surface area contributed by atoms with Crippen LogP contribution in [0.15, 0.2) is 12.7 Å². The number of phosphoric ester groups is 3. The lowest BCUT2D eigenvalue weighted by Gasteiger charge is -2.30. The first-order valence-corrected chi connectivity index (χ1v) is 25.1. The number of hydrogen-bond donors (Lipinski definition) is 10. The van der Waals surface area contributed by atoms with Crippen molar-refractivity contribution in [2.24, 2.45) is 5.41 Å². The first-order chi connectivity index (χ1) is 28.9. The molecule has 2 aromatic heterocycles. The minimum absolute atomic E-state index is 0.0298. The number of nitrogens with one attached hydrogen (secondary N) is 2. The monoisotopic (exact) mass is 965 g/mol. The molecule has 3 rings (SSSR count). The molecule has 0 saturated carbocycles. The lowest BCUT2D eigenvalue weighted by Crippen LogP contribution is -2.46. The van der Waals surface area contributed by atoms with Crippen molar-refractivity contribution >= 4 is 69.1 Å². The Hall–Kier alpha value is -2.48. The molecule has 11 N–H and O–H groups in total. The van der Waals surface area contributed by atoms with E-state index in [0.29, 0.717) is 12.2 Å². The highest BCUT2D eigenvalue weighted by Gasteiger charge is 2.50. The quantitative estimate of drug-likeness (QED) is 0.0408. The maximum Gasteiger partial charge on any atom is 0.481 e. The number of aliphatic hydroxyl groups is 3. The number of phosphoric acid groups is 3. The van der Waals surface area contributed by atoms with Crippen LogP contribution in [-0.2, 0) is 50.7 Å². The van der Waals surface area contributed by atoms with Crippen LogP contribution >= 0.6 is 35.2 Å². The number of aromatic nitrogens is 4. The molecule has 0 spiro atoms. The second-order valence-electron chi connectivity index (χ2n) is 15.2. The molecular formula is C33H58N7O18P3S. The summed E-state index contributed by atoms with van der Waals surface area (Å²) in [6.45, 7) is 2.30. The molecule has 29 heteroatoms. The summed E-state index contributed by atoms with van der Waals surface area (Å²) in [5.41, 5.74) is 4.27. The number of fused-ring (bicyclic) bond motifs is 1. The first kappa shape index (κ1) is 53.9. The largest absolute Gasteiger partial charge is 0.481 e. The minimum atomic E-state index is -5.58. The van der Waals surface area contributed by atoms with Crippen LogP contribution in [0.1, 0.15) is 91.2 Å². The third-order valence-corrected chi connectivity index (χ3v) is 13.3. The van der Waals surface area contributed by atoms with E-state index >= 15 is 0 Å². The van der Waals surface area contributed by atoms with Gasteiger partial charge in [-0.05, 0) is 19.8 Å². The van der Waals surface area contributed by atoms with Crippen LogP contribution in [0.5, 0.6) is 0 Å². The van der Waals surface area contributed by atoms with Crippen molar-refractivity contribution in [3.05, 3.63) is 12.7 Å². The van der Waals surface area contributed by atoms with Crippen molar-refractivity contribution in [3.63, 3.8) is 0 Å². The average molecular weight is 966 g/mol. The number of imidazole rings is 1. The molecule has 1 aliphatic heterocycles. The Balaban J connectivity index is 1.37. The molecule has 1 saturated heterocycles. The number of amides is 2. The molecule has 1 fully saturated rings. The molecule has 2 amide bonds. The van der Waals surface area contributed by atoms with E-state index in [4.69, 9.17) is 19.5 Å². The molecule has 8 atom stereocenters. The molecule has 354 valence electrons. The lowest BCUT2D eigenvalue weighted by atomic mass is 9.87. The molecule has 0 bridgehead atoms. The van der Waals surface area contributed by atoms with Crippen molar-refractivity contribution in [1.82, 2.24) is 30.2 Å². The van der Waals surface area contributed by atoms with E-state index in [-0.39, 0.29) is 47.7 Å². The fraction of sp³-hybridized carbons (Fsp3) is 0.758. The van der Waals surface area contributed by atoms with Gasteiger partial charge in [-0.25, -0.2) is 28.6 Å². The highest BCUT2D eigenvalue weighted by atomic mass is 32.2. The Morgan fingerprint density at radius 3 is 2.24 bits per heavy atom. The van der Waals surface area contributed by atoms with E-state index in [1.165, 1.54) is 13.8 Å². The maximum atomic E-state index is 12.7.